The Morgan fingerprint density at radius 2 is 2.45 bits per heavy atom. The molecule has 1 unspecified atom stereocenters. The molecule has 0 aliphatic heterocycles. The minimum atomic E-state index is -3.62. The van der Waals surface area contributed by atoms with Crippen LogP contribution in [0.1, 0.15) is 0 Å². The van der Waals surface area contributed by atoms with Crippen molar-refractivity contribution < 1.29 is 18.8 Å². The predicted molar refractivity (Wildman–Crippen MR) is 40.0 cm³/mol. The lowest BCUT2D eigenvalue weighted by molar-refractivity contribution is -0.116. The third-order valence-corrected chi connectivity index (χ3v) is 2.05. The molecule has 0 bridgehead atoms. The van der Waals surface area contributed by atoms with Crippen molar-refractivity contribution in [2.45, 2.75) is 0 Å². The summed E-state index contributed by atoms with van der Waals surface area (Å²) in [4.78, 5) is 19.2. The Bertz CT molecular complexity index is 203. The predicted octanol–water partition coefficient (Wildman–Crippen LogP) is 0.0779. The van der Waals surface area contributed by atoms with Gasteiger partial charge in [-0.1, -0.05) is 6.58 Å². The Balaban J connectivity index is 3.79. The van der Waals surface area contributed by atoms with E-state index in [1.807, 2.05) is 0 Å². The fourth-order valence-electron chi connectivity index (χ4n) is 0.315. The summed E-state index contributed by atoms with van der Waals surface area (Å²) in [5, 5.41) is 2.13. The number of hydrogen-bond acceptors (Lipinski definition) is 3. The van der Waals surface area contributed by atoms with Gasteiger partial charge in [0.25, 0.3) is 0 Å². The summed E-state index contributed by atoms with van der Waals surface area (Å²) < 4.78 is 14.9. The Kier molecular flexibility index (Phi) is 4.03. The molecule has 0 aliphatic carbocycles. The Labute approximate surface area is 64.6 Å². The molecule has 0 aliphatic rings. The fourth-order valence-corrected chi connectivity index (χ4v) is 0.799. The molecule has 11 heavy (non-hydrogen) atoms. The summed E-state index contributed by atoms with van der Waals surface area (Å²) in [6, 6.07) is 0. The van der Waals surface area contributed by atoms with E-state index in [1.54, 1.807) is 0 Å². The molecule has 0 rings (SSSR count). The lowest BCUT2D eigenvalue weighted by Crippen LogP contribution is -2.22. The molecule has 5 nitrogen and oxygen atoms in total. The van der Waals surface area contributed by atoms with Gasteiger partial charge in [-0.3, -0.25) is 9.36 Å². The van der Waals surface area contributed by atoms with E-state index in [-0.39, 0.29) is 0 Å². The lowest BCUT2D eigenvalue weighted by Gasteiger charge is -2.07. The first kappa shape index (κ1) is 10.4. The van der Waals surface area contributed by atoms with Gasteiger partial charge in [-0.2, -0.15) is 0 Å². The van der Waals surface area contributed by atoms with Crippen LogP contribution >= 0.6 is 7.60 Å². The maximum absolute atomic E-state index is 10.7. The minimum Gasteiger partial charge on any atom is -0.341 e. The molecule has 1 atom stereocenters. The molecule has 0 aromatic heterocycles. The lowest BCUT2D eigenvalue weighted by atomic mass is 10.6. The van der Waals surface area contributed by atoms with Crippen LogP contribution in [-0.2, 0) is 13.9 Å². The Hall–Kier alpha value is -0.640. The van der Waals surface area contributed by atoms with E-state index in [1.165, 1.54) is 0 Å². The number of rotatable bonds is 4. The first-order chi connectivity index (χ1) is 5.02. The molecule has 0 fully saturated rings. The van der Waals surface area contributed by atoms with Gasteiger partial charge in [0.2, 0.25) is 5.91 Å². The fraction of sp³-hybridized carbons (Fsp3) is 0.400. The summed E-state index contributed by atoms with van der Waals surface area (Å²) in [7, 11) is -2.52. The number of amides is 1. The van der Waals surface area contributed by atoms with E-state index in [9.17, 15) is 9.36 Å². The van der Waals surface area contributed by atoms with Gasteiger partial charge >= 0.3 is 7.60 Å². The van der Waals surface area contributed by atoms with Gasteiger partial charge < -0.3 is 14.7 Å². The molecule has 2 N–H and O–H groups in total. The summed E-state index contributed by atoms with van der Waals surface area (Å²) in [6.45, 7) is 3.16. The van der Waals surface area contributed by atoms with Crippen LogP contribution < -0.4 is 5.32 Å². The largest absolute Gasteiger partial charge is 0.346 e. The first-order valence-corrected chi connectivity index (χ1v) is 4.56. The monoisotopic (exact) mass is 179 g/mol. The SMILES string of the molecule is C=CC(=O)NCP(=O)(O)OC. The maximum Gasteiger partial charge on any atom is 0.346 e. The molecule has 0 saturated heterocycles. The van der Waals surface area contributed by atoms with E-state index >= 15 is 0 Å². The van der Waals surface area contributed by atoms with Gasteiger partial charge in [0, 0.05) is 7.11 Å². The molecular weight excluding hydrogens is 169 g/mol. The molecule has 64 valence electrons. The van der Waals surface area contributed by atoms with E-state index in [0.717, 1.165) is 13.2 Å². The van der Waals surface area contributed by atoms with Crippen molar-refractivity contribution in [3.05, 3.63) is 12.7 Å². The Morgan fingerprint density at radius 1 is 1.91 bits per heavy atom. The third kappa shape index (κ3) is 4.72. The Morgan fingerprint density at radius 3 is 2.82 bits per heavy atom. The van der Waals surface area contributed by atoms with E-state index in [2.05, 4.69) is 16.4 Å². The van der Waals surface area contributed by atoms with Crippen LogP contribution in [-0.4, -0.2) is 24.2 Å². The highest BCUT2D eigenvalue weighted by atomic mass is 31.2. The first-order valence-electron chi connectivity index (χ1n) is 2.79. The zero-order chi connectivity index (χ0) is 8.91. The standard InChI is InChI=1S/C5H10NO4P/c1-3-5(7)6-4-11(8,9)10-2/h3H,1,4H2,2H3,(H,6,7)(H,8,9). The third-order valence-electron chi connectivity index (χ3n) is 0.924. The molecule has 0 spiro atoms. The highest BCUT2D eigenvalue weighted by Crippen LogP contribution is 2.38. The van der Waals surface area contributed by atoms with Crippen molar-refractivity contribution in [3.63, 3.8) is 0 Å². The molecule has 0 aromatic rings. The van der Waals surface area contributed by atoms with Gasteiger partial charge in [-0.15, -0.1) is 0 Å². The van der Waals surface area contributed by atoms with Crippen LogP contribution in [0.15, 0.2) is 12.7 Å². The number of carbonyl (C=O) groups is 1. The molecule has 6 heteroatoms. The maximum atomic E-state index is 10.7. The number of nitrogens with one attached hydrogen (secondary N) is 1. The zero-order valence-electron chi connectivity index (χ0n) is 6.11. The van der Waals surface area contributed by atoms with Gasteiger partial charge in [0.1, 0.15) is 6.29 Å². The van der Waals surface area contributed by atoms with Crippen molar-refractivity contribution in [2.24, 2.45) is 0 Å². The molecule has 0 saturated carbocycles. The quantitative estimate of drug-likeness (QED) is 0.473. The second-order valence-electron chi connectivity index (χ2n) is 1.72. The minimum absolute atomic E-state index is 0.394. The number of hydrogen-bond donors (Lipinski definition) is 2. The van der Waals surface area contributed by atoms with Gasteiger partial charge in [0.05, 0.1) is 0 Å². The van der Waals surface area contributed by atoms with Gasteiger partial charge in [-0.25, -0.2) is 0 Å². The van der Waals surface area contributed by atoms with Crippen LogP contribution in [0, 0.1) is 0 Å². The van der Waals surface area contributed by atoms with E-state index in [4.69, 9.17) is 4.89 Å². The second kappa shape index (κ2) is 4.28. The summed E-state index contributed by atoms with van der Waals surface area (Å²) in [6.07, 6.45) is 0.615. The van der Waals surface area contributed by atoms with Crippen molar-refractivity contribution in [3.8, 4) is 0 Å². The molecule has 1 amide bonds. The van der Waals surface area contributed by atoms with Crippen LogP contribution in [0.5, 0.6) is 0 Å². The van der Waals surface area contributed by atoms with Gasteiger partial charge in [-0.05, 0) is 6.08 Å². The van der Waals surface area contributed by atoms with Crippen LogP contribution in [0.25, 0.3) is 0 Å². The molecule has 0 heterocycles. The van der Waals surface area contributed by atoms with Crippen molar-refractivity contribution in [2.75, 3.05) is 13.4 Å². The van der Waals surface area contributed by atoms with Crippen molar-refractivity contribution in [1.82, 2.24) is 5.32 Å². The van der Waals surface area contributed by atoms with E-state index in [0.29, 0.717) is 0 Å². The highest BCUT2D eigenvalue weighted by Gasteiger charge is 2.16. The molecule has 0 aromatic carbocycles. The van der Waals surface area contributed by atoms with Gasteiger partial charge in [0.15, 0.2) is 0 Å². The van der Waals surface area contributed by atoms with E-state index < -0.39 is 19.8 Å². The topological polar surface area (TPSA) is 75.6 Å². The van der Waals surface area contributed by atoms with Crippen LogP contribution in [0.2, 0.25) is 0 Å². The normalized spacial score (nSPS) is 15.1. The number of carbonyl (C=O) groups excluding carboxylic acids is 1. The van der Waals surface area contributed by atoms with Crippen molar-refractivity contribution >= 4 is 13.5 Å². The second-order valence-corrected chi connectivity index (χ2v) is 3.68. The van der Waals surface area contributed by atoms with Crippen LogP contribution in [0.3, 0.4) is 0 Å². The summed E-state index contributed by atoms with van der Waals surface area (Å²) in [5.74, 6) is -0.503. The zero-order valence-corrected chi connectivity index (χ0v) is 7.01. The molecule has 0 radical (unpaired) electrons. The van der Waals surface area contributed by atoms with Crippen molar-refractivity contribution in [1.29, 1.82) is 0 Å². The average Bonchev–Trinajstić information content (AvgIpc) is 2.00. The molecular formula is C5H10NO4P. The average molecular weight is 179 g/mol. The van der Waals surface area contributed by atoms with Crippen LogP contribution in [0.4, 0.5) is 0 Å². The summed E-state index contributed by atoms with van der Waals surface area (Å²) >= 11 is 0. The highest BCUT2D eigenvalue weighted by molar-refractivity contribution is 7.52. The summed E-state index contributed by atoms with van der Waals surface area (Å²) in [5.41, 5.74) is 0. The smallest absolute Gasteiger partial charge is 0.341 e.